The van der Waals surface area contributed by atoms with Crippen LogP contribution in [0.4, 0.5) is 0 Å². The van der Waals surface area contributed by atoms with Crippen molar-refractivity contribution in [2.75, 3.05) is 13.2 Å². The van der Waals surface area contributed by atoms with Crippen molar-refractivity contribution in [3.63, 3.8) is 0 Å². The number of benzene rings is 2. The number of halogens is 2. The third-order valence-electron chi connectivity index (χ3n) is 3.16. The molecule has 2 aromatic rings. The summed E-state index contributed by atoms with van der Waals surface area (Å²) < 4.78 is 12.0. The van der Waals surface area contributed by atoms with Crippen molar-refractivity contribution < 1.29 is 14.6 Å². The summed E-state index contributed by atoms with van der Waals surface area (Å²) in [5.41, 5.74) is 1.45. The van der Waals surface area contributed by atoms with Gasteiger partial charge in [-0.15, -0.1) is 0 Å². The molecule has 0 saturated carbocycles. The van der Waals surface area contributed by atoms with Gasteiger partial charge in [0.15, 0.2) is 11.5 Å². The van der Waals surface area contributed by atoms with Gasteiger partial charge in [0, 0.05) is 15.2 Å². The molecule has 1 aliphatic heterocycles. The van der Waals surface area contributed by atoms with Gasteiger partial charge in [-0.2, -0.15) is 0 Å². The molecule has 2 aromatic carbocycles. The quantitative estimate of drug-likeness (QED) is 0.777. The summed E-state index contributed by atoms with van der Waals surface area (Å²) in [6, 6.07) is 11.1. The first-order valence-corrected chi connectivity index (χ1v) is 7.64. The highest BCUT2D eigenvalue weighted by Crippen LogP contribution is 2.39. The third-order valence-corrected chi connectivity index (χ3v) is 4.47. The fourth-order valence-electron chi connectivity index (χ4n) is 2.15. The Labute approximate surface area is 135 Å². The number of ether oxygens (including phenoxy) is 2. The highest BCUT2D eigenvalue weighted by atomic mass is 127. The highest BCUT2D eigenvalue weighted by molar-refractivity contribution is 14.1. The Morgan fingerprint density at radius 2 is 1.70 bits per heavy atom. The Morgan fingerprint density at radius 1 is 1.05 bits per heavy atom. The molecule has 1 atom stereocenters. The summed E-state index contributed by atoms with van der Waals surface area (Å²) in [5.74, 6) is 1.25. The number of hydrogen-bond donors (Lipinski definition) is 1. The Morgan fingerprint density at radius 3 is 2.40 bits per heavy atom. The molecular weight excluding hydrogens is 391 g/mol. The van der Waals surface area contributed by atoms with Crippen molar-refractivity contribution >= 4 is 34.2 Å². The summed E-state index contributed by atoms with van der Waals surface area (Å²) in [5, 5.41) is 11.0. The van der Waals surface area contributed by atoms with Crippen LogP contribution in [0.5, 0.6) is 11.5 Å². The van der Waals surface area contributed by atoms with Crippen LogP contribution in [0, 0.1) is 3.57 Å². The van der Waals surface area contributed by atoms with Gasteiger partial charge in [0.2, 0.25) is 0 Å². The van der Waals surface area contributed by atoms with E-state index in [2.05, 4.69) is 22.6 Å². The highest BCUT2D eigenvalue weighted by Gasteiger charge is 2.21. The van der Waals surface area contributed by atoms with E-state index in [0.717, 1.165) is 9.13 Å². The lowest BCUT2D eigenvalue weighted by Gasteiger charge is -2.22. The van der Waals surface area contributed by atoms with E-state index in [1.807, 2.05) is 24.3 Å². The van der Waals surface area contributed by atoms with Gasteiger partial charge >= 0.3 is 0 Å². The summed E-state index contributed by atoms with van der Waals surface area (Å²) >= 11 is 8.46. The molecule has 0 aromatic heterocycles. The summed E-state index contributed by atoms with van der Waals surface area (Å²) in [6.07, 6.45) is -0.786. The number of rotatable bonds is 2. The van der Waals surface area contributed by atoms with Crippen molar-refractivity contribution in [2.24, 2.45) is 0 Å². The minimum Gasteiger partial charge on any atom is -0.486 e. The first-order chi connectivity index (χ1) is 9.66. The molecule has 0 amide bonds. The second-order valence-electron chi connectivity index (χ2n) is 4.44. The average Bonchev–Trinajstić information content (AvgIpc) is 2.46. The largest absolute Gasteiger partial charge is 0.486 e. The standard InChI is InChI=1S/C15H12ClIO3/c16-11-8-14-13(19-5-6-20-14)7-10(11)15(18)9-3-1-2-4-12(9)17/h1-4,7-8,15,18H,5-6H2. The van der Waals surface area contributed by atoms with Gasteiger partial charge in [-0.25, -0.2) is 0 Å². The summed E-state index contributed by atoms with van der Waals surface area (Å²) in [4.78, 5) is 0. The molecule has 1 unspecified atom stereocenters. The van der Waals surface area contributed by atoms with E-state index in [0.29, 0.717) is 35.3 Å². The van der Waals surface area contributed by atoms with Crippen molar-refractivity contribution in [1.82, 2.24) is 0 Å². The molecule has 0 fully saturated rings. The topological polar surface area (TPSA) is 38.7 Å². The zero-order valence-corrected chi connectivity index (χ0v) is 13.4. The molecule has 0 radical (unpaired) electrons. The molecule has 104 valence electrons. The molecule has 3 rings (SSSR count). The van der Waals surface area contributed by atoms with E-state index in [-0.39, 0.29) is 0 Å². The first kappa shape index (κ1) is 14.0. The number of fused-ring (bicyclic) bond motifs is 1. The van der Waals surface area contributed by atoms with Gasteiger partial charge in [-0.05, 0) is 40.3 Å². The van der Waals surface area contributed by atoms with E-state index in [1.54, 1.807) is 12.1 Å². The fourth-order valence-corrected chi connectivity index (χ4v) is 3.09. The van der Waals surface area contributed by atoms with Crippen LogP contribution in [-0.2, 0) is 0 Å². The number of aliphatic hydroxyl groups is 1. The maximum absolute atomic E-state index is 10.6. The lowest BCUT2D eigenvalue weighted by Crippen LogP contribution is -2.16. The lowest BCUT2D eigenvalue weighted by atomic mass is 10.0. The van der Waals surface area contributed by atoms with Crippen LogP contribution in [0.2, 0.25) is 5.02 Å². The van der Waals surface area contributed by atoms with Crippen LogP contribution in [-0.4, -0.2) is 18.3 Å². The number of aliphatic hydroxyl groups excluding tert-OH is 1. The molecule has 0 spiro atoms. The first-order valence-electron chi connectivity index (χ1n) is 6.18. The van der Waals surface area contributed by atoms with Crippen LogP contribution in [0.1, 0.15) is 17.2 Å². The monoisotopic (exact) mass is 402 g/mol. The molecule has 3 nitrogen and oxygen atoms in total. The molecule has 1 heterocycles. The molecule has 5 heteroatoms. The minimum absolute atomic E-state index is 0.474. The van der Waals surface area contributed by atoms with Crippen molar-refractivity contribution in [2.45, 2.75) is 6.10 Å². The maximum Gasteiger partial charge on any atom is 0.162 e. The Balaban J connectivity index is 2.03. The van der Waals surface area contributed by atoms with Crippen LogP contribution in [0.15, 0.2) is 36.4 Å². The van der Waals surface area contributed by atoms with E-state index in [4.69, 9.17) is 21.1 Å². The minimum atomic E-state index is -0.786. The Kier molecular flexibility index (Phi) is 4.05. The predicted octanol–water partition coefficient (Wildman–Crippen LogP) is 3.80. The average molecular weight is 403 g/mol. The van der Waals surface area contributed by atoms with Gasteiger partial charge in [0.1, 0.15) is 19.3 Å². The zero-order chi connectivity index (χ0) is 14.1. The normalized spacial score (nSPS) is 14.9. The van der Waals surface area contributed by atoms with Gasteiger partial charge in [-0.3, -0.25) is 0 Å². The summed E-state index contributed by atoms with van der Waals surface area (Å²) in [6.45, 7) is 1.02. The van der Waals surface area contributed by atoms with E-state index < -0.39 is 6.10 Å². The maximum atomic E-state index is 10.6. The Bertz CT molecular complexity index is 645. The zero-order valence-electron chi connectivity index (χ0n) is 10.5. The third kappa shape index (κ3) is 2.60. The van der Waals surface area contributed by atoms with Gasteiger partial charge in [-0.1, -0.05) is 29.8 Å². The molecule has 1 aliphatic rings. The molecular formula is C15H12ClIO3. The van der Waals surface area contributed by atoms with Crippen molar-refractivity contribution in [1.29, 1.82) is 0 Å². The second-order valence-corrected chi connectivity index (χ2v) is 6.01. The smallest absolute Gasteiger partial charge is 0.162 e. The van der Waals surface area contributed by atoms with Gasteiger partial charge in [0.05, 0.1) is 5.02 Å². The molecule has 1 N–H and O–H groups in total. The molecule has 0 bridgehead atoms. The van der Waals surface area contributed by atoms with Crippen LogP contribution >= 0.6 is 34.2 Å². The van der Waals surface area contributed by atoms with E-state index in [9.17, 15) is 5.11 Å². The van der Waals surface area contributed by atoms with Gasteiger partial charge in [0.25, 0.3) is 0 Å². The van der Waals surface area contributed by atoms with Gasteiger partial charge < -0.3 is 14.6 Å². The lowest BCUT2D eigenvalue weighted by molar-refractivity contribution is 0.169. The molecule has 20 heavy (non-hydrogen) atoms. The SMILES string of the molecule is OC(c1cc2c(cc1Cl)OCCO2)c1ccccc1I. The van der Waals surface area contributed by atoms with Crippen LogP contribution in [0.3, 0.4) is 0 Å². The Hall–Kier alpha value is -0.980. The van der Waals surface area contributed by atoms with Crippen LogP contribution in [0.25, 0.3) is 0 Å². The van der Waals surface area contributed by atoms with E-state index in [1.165, 1.54) is 0 Å². The number of hydrogen-bond acceptors (Lipinski definition) is 3. The molecule has 0 saturated heterocycles. The van der Waals surface area contributed by atoms with E-state index >= 15 is 0 Å². The van der Waals surface area contributed by atoms with Crippen molar-refractivity contribution in [3.8, 4) is 11.5 Å². The summed E-state index contributed by atoms with van der Waals surface area (Å²) in [7, 11) is 0. The molecule has 0 aliphatic carbocycles. The van der Waals surface area contributed by atoms with Crippen molar-refractivity contribution in [3.05, 3.63) is 56.1 Å². The second kappa shape index (κ2) is 5.79. The predicted molar refractivity (Wildman–Crippen MR) is 85.7 cm³/mol. The van der Waals surface area contributed by atoms with Crippen LogP contribution < -0.4 is 9.47 Å². The fraction of sp³-hybridized carbons (Fsp3) is 0.200.